The predicted molar refractivity (Wildman–Crippen MR) is 141 cm³/mol. The Balaban J connectivity index is 1.02. The summed E-state index contributed by atoms with van der Waals surface area (Å²) in [5, 5.41) is 23.4. The van der Waals surface area contributed by atoms with Crippen LogP contribution in [0.25, 0.3) is 10.1 Å². The first-order chi connectivity index (χ1) is 17.2. The number of anilines is 1. The van der Waals surface area contributed by atoms with Gasteiger partial charge in [0.25, 0.3) is 0 Å². The van der Waals surface area contributed by atoms with Crippen molar-refractivity contribution in [3.8, 4) is 11.8 Å². The molecule has 0 amide bonds. The summed E-state index contributed by atoms with van der Waals surface area (Å²) in [4.78, 5) is 5.10. The van der Waals surface area contributed by atoms with Crippen LogP contribution >= 0.6 is 11.5 Å². The molecule has 35 heavy (non-hydrogen) atoms. The molecule has 2 bridgehead atoms. The number of nitrogens with zero attached hydrogens (tertiary/aromatic N) is 4. The Hall–Kier alpha value is -2.25. The molecule has 3 heterocycles. The average Bonchev–Trinajstić information content (AvgIpc) is 3.66. The Morgan fingerprint density at radius 3 is 2.20 bits per heavy atom. The van der Waals surface area contributed by atoms with Gasteiger partial charge in [0.15, 0.2) is 11.8 Å². The van der Waals surface area contributed by atoms with E-state index >= 15 is 0 Å². The molecule has 1 aliphatic heterocycles. The number of aromatic hydroxyl groups is 2. The molecular weight excluding hydrogens is 456 g/mol. The Morgan fingerprint density at radius 2 is 1.49 bits per heavy atom. The normalized spacial score (nSPS) is 28.7. The molecule has 2 N–H and O–H groups in total. The lowest BCUT2D eigenvalue weighted by atomic mass is 9.78. The number of piperazine rings is 1. The van der Waals surface area contributed by atoms with Crippen LogP contribution in [-0.4, -0.2) is 56.8 Å². The Morgan fingerprint density at radius 1 is 0.829 bits per heavy atom. The lowest BCUT2D eigenvalue weighted by Gasteiger charge is -2.40. The molecular formula is C28H36N4O2S. The molecule has 1 saturated heterocycles. The van der Waals surface area contributed by atoms with E-state index in [9.17, 15) is 10.2 Å². The van der Waals surface area contributed by atoms with Crippen LogP contribution in [0, 0.1) is 11.8 Å². The highest BCUT2D eigenvalue weighted by Gasteiger charge is 2.44. The molecule has 3 fully saturated rings. The van der Waals surface area contributed by atoms with Gasteiger partial charge in [-0.1, -0.05) is 25.0 Å². The van der Waals surface area contributed by atoms with Gasteiger partial charge >= 0.3 is 0 Å². The van der Waals surface area contributed by atoms with Crippen LogP contribution < -0.4 is 4.90 Å². The summed E-state index contributed by atoms with van der Waals surface area (Å²) in [6.45, 7) is 6.10. The number of fused-ring (bicyclic) bond motifs is 6. The third kappa shape index (κ3) is 3.65. The van der Waals surface area contributed by atoms with E-state index < -0.39 is 0 Å². The first kappa shape index (κ1) is 22.0. The summed E-state index contributed by atoms with van der Waals surface area (Å²) < 4.78 is 7.92. The third-order valence-corrected chi connectivity index (χ3v) is 10.4. The second-order valence-electron chi connectivity index (χ2n) is 11.4. The fraction of sp³-hybridized carbons (Fsp3) is 0.607. The van der Waals surface area contributed by atoms with Gasteiger partial charge in [-0.15, -0.1) is 0 Å². The lowest BCUT2D eigenvalue weighted by molar-refractivity contribution is 0.130. The SMILES string of the molecule is Oc1c2c(c(O)n1C[C@H]1CCCC[C@H]1CN1CCN(c3nsc4ccccc34)CC1)[C@H]1CC[C@@H]2C1. The summed E-state index contributed by atoms with van der Waals surface area (Å²) in [5.74, 6) is 3.98. The van der Waals surface area contributed by atoms with Crippen LogP contribution in [0.5, 0.6) is 11.8 Å². The van der Waals surface area contributed by atoms with E-state index in [2.05, 4.69) is 34.1 Å². The second kappa shape index (κ2) is 8.70. The Kier molecular flexibility index (Phi) is 5.46. The lowest BCUT2D eigenvalue weighted by Crippen LogP contribution is -2.49. The van der Waals surface area contributed by atoms with Crippen molar-refractivity contribution in [2.45, 2.75) is 63.3 Å². The van der Waals surface area contributed by atoms with Crippen molar-refractivity contribution in [1.82, 2.24) is 13.8 Å². The minimum atomic E-state index is 0.373. The number of rotatable bonds is 5. The molecule has 0 radical (unpaired) electrons. The first-order valence-corrected chi connectivity index (χ1v) is 14.4. The van der Waals surface area contributed by atoms with Gasteiger partial charge in [0.2, 0.25) is 0 Å². The highest BCUT2D eigenvalue weighted by molar-refractivity contribution is 7.13. The van der Waals surface area contributed by atoms with Crippen molar-refractivity contribution in [2.75, 3.05) is 37.6 Å². The molecule has 4 atom stereocenters. The fourth-order valence-electron chi connectivity index (χ4n) is 7.69. The van der Waals surface area contributed by atoms with E-state index in [1.54, 1.807) is 11.5 Å². The minimum absolute atomic E-state index is 0.373. The molecule has 7 heteroatoms. The Bertz CT molecular complexity index is 1190. The fourth-order valence-corrected chi connectivity index (χ4v) is 8.49. The topological polar surface area (TPSA) is 64.8 Å². The molecule has 3 aromatic rings. The highest BCUT2D eigenvalue weighted by atomic mass is 32.1. The van der Waals surface area contributed by atoms with Crippen molar-refractivity contribution in [3.63, 3.8) is 0 Å². The van der Waals surface area contributed by atoms with Crippen molar-refractivity contribution >= 4 is 27.4 Å². The molecule has 0 unspecified atom stereocenters. The zero-order valence-corrected chi connectivity index (χ0v) is 21.2. The van der Waals surface area contributed by atoms with Gasteiger partial charge in [-0.3, -0.25) is 9.47 Å². The van der Waals surface area contributed by atoms with Gasteiger partial charge in [0, 0.05) is 55.8 Å². The summed E-state index contributed by atoms with van der Waals surface area (Å²) in [7, 11) is 0. The maximum Gasteiger partial charge on any atom is 0.197 e. The van der Waals surface area contributed by atoms with E-state index in [-0.39, 0.29) is 0 Å². The monoisotopic (exact) mass is 492 g/mol. The van der Waals surface area contributed by atoms with Gasteiger partial charge < -0.3 is 15.1 Å². The molecule has 2 aromatic heterocycles. The van der Waals surface area contributed by atoms with Crippen LogP contribution in [0.3, 0.4) is 0 Å². The Labute approximate surface area is 211 Å². The minimum Gasteiger partial charge on any atom is -0.494 e. The molecule has 0 spiro atoms. The summed E-state index contributed by atoms with van der Waals surface area (Å²) in [5.41, 5.74) is 2.16. The second-order valence-corrected chi connectivity index (χ2v) is 12.2. The molecule has 1 aromatic carbocycles. The van der Waals surface area contributed by atoms with Gasteiger partial charge in [0.05, 0.1) is 4.70 Å². The molecule has 2 saturated carbocycles. The summed E-state index contributed by atoms with van der Waals surface area (Å²) in [6, 6.07) is 8.56. The van der Waals surface area contributed by atoms with Crippen LogP contribution in [0.4, 0.5) is 5.82 Å². The summed E-state index contributed by atoms with van der Waals surface area (Å²) >= 11 is 1.60. The van der Waals surface area contributed by atoms with E-state index in [1.807, 2.05) is 4.57 Å². The number of hydrogen-bond acceptors (Lipinski definition) is 6. The van der Waals surface area contributed by atoms with Crippen molar-refractivity contribution in [3.05, 3.63) is 35.4 Å². The van der Waals surface area contributed by atoms with E-state index in [0.29, 0.717) is 35.4 Å². The molecule has 7 rings (SSSR count). The van der Waals surface area contributed by atoms with Crippen molar-refractivity contribution in [2.24, 2.45) is 11.8 Å². The van der Waals surface area contributed by atoms with Gasteiger partial charge in [-0.2, -0.15) is 4.37 Å². The third-order valence-electron chi connectivity index (χ3n) is 9.54. The van der Waals surface area contributed by atoms with Crippen molar-refractivity contribution < 1.29 is 10.2 Å². The number of benzene rings is 1. The number of hydrogen-bond donors (Lipinski definition) is 2. The maximum atomic E-state index is 11.1. The standard InChI is InChI=1S/C28H36N4O2S/c33-27-24-18-9-10-19(15-18)25(24)28(34)32(27)17-21-6-2-1-5-20(21)16-30-11-13-31(14-12-30)26-22-7-3-4-8-23(22)35-29-26/h3-4,7-8,18-21,33-34H,1-2,5-6,9-17H2/t18-,19+,20-,21+/m0/s1. The van der Waals surface area contributed by atoms with Crippen LogP contribution in [0.15, 0.2) is 24.3 Å². The molecule has 3 aliphatic carbocycles. The quantitative estimate of drug-likeness (QED) is 0.492. The van der Waals surface area contributed by atoms with E-state index in [0.717, 1.165) is 62.6 Å². The zero-order chi connectivity index (χ0) is 23.5. The molecule has 6 nitrogen and oxygen atoms in total. The van der Waals surface area contributed by atoms with Crippen LogP contribution in [-0.2, 0) is 6.54 Å². The zero-order valence-electron chi connectivity index (χ0n) is 20.4. The highest BCUT2D eigenvalue weighted by Crippen LogP contribution is 2.60. The van der Waals surface area contributed by atoms with Crippen LogP contribution in [0.1, 0.15) is 67.9 Å². The van der Waals surface area contributed by atoms with E-state index in [4.69, 9.17) is 4.37 Å². The average molecular weight is 493 g/mol. The van der Waals surface area contributed by atoms with Crippen LogP contribution in [0.2, 0.25) is 0 Å². The molecule has 4 aliphatic rings. The first-order valence-electron chi connectivity index (χ1n) is 13.6. The van der Waals surface area contributed by atoms with Crippen molar-refractivity contribution in [1.29, 1.82) is 0 Å². The smallest absolute Gasteiger partial charge is 0.197 e. The maximum absolute atomic E-state index is 11.1. The summed E-state index contributed by atoms with van der Waals surface area (Å²) in [6.07, 6.45) is 8.49. The largest absolute Gasteiger partial charge is 0.494 e. The van der Waals surface area contributed by atoms with Gasteiger partial charge in [-0.05, 0) is 79.4 Å². The number of aromatic nitrogens is 2. The van der Waals surface area contributed by atoms with Gasteiger partial charge in [-0.25, -0.2) is 0 Å². The predicted octanol–water partition coefficient (Wildman–Crippen LogP) is 5.50. The van der Waals surface area contributed by atoms with Gasteiger partial charge in [0.1, 0.15) is 5.82 Å². The van der Waals surface area contributed by atoms with E-state index in [1.165, 1.54) is 48.6 Å². The molecule has 186 valence electrons.